The first kappa shape index (κ1) is 23.3. The molecule has 0 atom stereocenters. The first-order valence-electron chi connectivity index (χ1n) is 11.1. The summed E-state index contributed by atoms with van der Waals surface area (Å²) in [5, 5.41) is 4.14. The highest BCUT2D eigenvalue weighted by molar-refractivity contribution is 5.77. The second kappa shape index (κ2) is 9.29. The topological polar surface area (TPSA) is 82.9 Å². The lowest BCUT2D eigenvalue weighted by molar-refractivity contribution is -0.137. The normalized spacial score (nSPS) is 11.8. The minimum absolute atomic E-state index is 0.0166. The van der Waals surface area contributed by atoms with Crippen molar-refractivity contribution in [1.29, 1.82) is 0 Å². The van der Waals surface area contributed by atoms with Crippen LogP contribution in [-0.2, 0) is 25.7 Å². The molecule has 0 unspecified atom stereocenters. The molecular formula is C26H19F3N4O3. The van der Waals surface area contributed by atoms with E-state index in [1.165, 1.54) is 21.3 Å². The van der Waals surface area contributed by atoms with E-state index in [0.29, 0.717) is 17.3 Å². The van der Waals surface area contributed by atoms with Crippen LogP contribution < -0.4 is 11.2 Å². The molecule has 0 aliphatic carbocycles. The largest absolute Gasteiger partial charge is 0.416 e. The Hall–Kier alpha value is -4.47. The molecule has 36 heavy (non-hydrogen) atoms. The summed E-state index contributed by atoms with van der Waals surface area (Å²) in [6.07, 6.45) is -4.03. The van der Waals surface area contributed by atoms with Crippen LogP contribution in [0.15, 0.2) is 93.0 Å². The molecular weight excluding hydrogens is 473 g/mol. The summed E-state index contributed by atoms with van der Waals surface area (Å²) in [6, 6.07) is 20.7. The molecule has 0 fully saturated rings. The van der Waals surface area contributed by atoms with Crippen molar-refractivity contribution in [3.05, 3.63) is 117 Å². The zero-order valence-corrected chi connectivity index (χ0v) is 18.8. The monoisotopic (exact) mass is 492 g/mol. The van der Waals surface area contributed by atoms with Gasteiger partial charge in [-0.3, -0.25) is 13.9 Å². The standard InChI is InChI=1S/C26H19F3N4O3/c27-26(28,29)19-10-6-9-18(15-19)23-30-22(36-31-23)16-33-21-12-5-4-11-20(21)24(34)32(25(33)35)14-13-17-7-2-1-3-8-17/h1-12,15H,13-14,16H2. The van der Waals surface area contributed by atoms with Crippen LogP contribution in [0.3, 0.4) is 0 Å². The second-order valence-electron chi connectivity index (χ2n) is 8.17. The molecule has 3 aromatic carbocycles. The number of aryl methyl sites for hydroxylation is 1. The van der Waals surface area contributed by atoms with Crippen molar-refractivity contribution >= 4 is 10.9 Å². The third-order valence-electron chi connectivity index (χ3n) is 5.81. The fourth-order valence-corrected chi connectivity index (χ4v) is 4.01. The van der Waals surface area contributed by atoms with Crippen LogP contribution in [0.4, 0.5) is 13.2 Å². The number of fused-ring (bicyclic) bond motifs is 1. The number of para-hydroxylation sites is 1. The molecule has 0 saturated heterocycles. The van der Waals surface area contributed by atoms with Gasteiger partial charge in [0.25, 0.3) is 5.56 Å². The Morgan fingerprint density at radius 2 is 1.61 bits per heavy atom. The van der Waals surface area contributed by atoms with Crippen molar-refractivity contribution in [2.24, 2.45) is 0 Å². The Labute approximate surface area is 202 Å². The first-order chi connectivity index (χ1) is 17.3. The van der Waals surface area contributed by atoms with Gasteiger partial charge >= 0.3 is 11.9 Å². The molecule has 2 heterocycles. The molecule has 10 heteroatoms. The molecule has 0 bridgehead atoms. The molecule has 0 radical (unpaired) electrons. The van der Waals surface area contributed by atoms with E-state index in [-0.39, 0.29) is 30.4 Å². The Kier molecular flexibility index (Phi) is 6.01. The van der Waals surface area contributed by atoms with Gasteiger partial charge in [0, 0.05) is 12.1 Å². The number of nitrogens with zero attached hydrogens (tertiary/aromatic N) is 4. The number of rotatable bonds is 6. The fourth-order valence-electron chi connectivity index (χ4n) is 4.01. The lowest BCUT2D eigenvalue weighted by Gasteiger charge is -2.12. The predicted octanol–water partition coefficient (Wildman–Crippen LogP) is 4.52. The summed E-state index contributed by atoms with van der Waals surface area (Å²) in [4.78, 5) is 30.7. The number of hydrogen-bond donors (Lipinski definition) is 0. The van der Waals surface area contributed by atoms with Crippen LogP contribution in [0.1, 0.15) is 17.0 Å². The molecule has 182 valence electrons. The zero-order chi connectivity index (χ0) is 25.3. The Balaban J connectivity index is 1.51. The van der Waals surface area contributed by atoms with E-state index in [1.54, 1.807) is 24.3 Å². The number of hydrogen-bond acceptors (Lipinski definition) is 5. The number of aromatic nitrogens is 4. The van der Waals surface area contributed by atoms with Gasteiger partial charge in [-0.15, -0.1) is 0 Å². The smallest absolute Gasteiger partial charge is 0.337 e. The highest BCUT2D eigenvalue weighted by Crippen LogP contribution is 2.31. The fraction of sp³-hybridized carbons (Fsp3) is 0.154. The maximum absolute atomic E-state index is 13.4. The van der Waals surface area contributed by atoms with Gasteiger partial charge in [-0.05, 0) is 36.2 Å². The minimum atomic E-state index is -4.51. The second-order valence-corrected chi connectivity index (χ2v) is 8.17. The average molecular weight is 492 g/mol. The van der Waals surface area contributed by atoms with Gasteiger partial charge in [0.2, 0.25) is 11.7 Å². The molecule has 0 N–H and O–H groups in total. The number of alkyl halides is 3. The van der Waals surface area contributed by atoms with Crippen molar-refractivity contribution < 1.29 is 17.7 Å². The van der Waals surface area contributed by atoms with E-state index in [0.717, 1.165) is 17.7 Å². The van der Waals surface area contributed by atoms with Gasteiger partial charge < -0.3 is 4.52 Å². The van der Waals surface area contributed by atoms with Crippen molar-refractivity contribution in [3.63, 3.8) is 0 Å². The Bertz CT molecular complexity index is 1650. The molecule has 0 aliphatic rings. The van der Waals surface area contributed by atoms with Gasteiger partial charge in [-0.25, -0.2) is 4.79 Å². The summed E-state index contributed by atoms with van der Waals surface area (Å²) in [5.41, 5.74) is -0.288. The van der Waals surface area contributed by atoms with Crippen LogP contribution in [0.2, 0.25) is 0 Å². The lowest BCUT2D eigenvalue weighted by atomic mass is 10.1. The van der Waals surface area contributed by atoms with Gasteiger partial charge in [-0.1, -0.05) is 59.8 Å². The van der Waals surface area contributed by atoms with Crippen molar-refractivity contribution in [1.82, 2.24) is 19.3 Å². The molecule has 7 nitrogen and oxygen atoms in total. The third kappa shape index (κ3) is 4.57. The van der Waals surface area contributed by atoms with E-state index >= 15 is 0 Å². The van der Waals surface area contributed by atoms with Crippen LogP contribution in [0, 0.1) is 0 Å². The van der Waals surface area contributed by atoms with Gasteiger partial charge in [0.15, 0.2) is 0 Å². The molecule has 5 rings (SSSR count). The van der Waals surface area contributed by atoms with Gasteiger partial charge in [0.1, 0.15) is 6.54 Å². The van der Waals surface area contributed by atoms with E-state index in [4.69, 9.17) is 4.52 Å². The van der Waals surface area contributed by atoms with Crippen LogP contribution >= 0.6 is 0 Å². The summed E-state index contributed by atoms with van der Waals surface area (Å²) in [6.45, 7) is 0.0166. The molecule has 5 aromatic rings. The van der Waals surface area contributed by atoms with E-state index in [9.17, 15) is 22.8 Å². The zero-order valence-electron chi connectivity index (χ0n) is 18.8. The van der Waals surface area contributed by atoms with Crippen molar-refractivity contribution in [3.8, 4) is 11.4 Å². The maximum Gasteiger partial charge on any atom is 0.416 e. The van der Waals surface area contributed by atoms with E-state index in [1.807, 2.05) is 30.3 Å². The quantitative estimate of drug-likeness (QED) is 0.348. The highest BCUT2D eigenvalue weighted by Gasteiger charge is 2.30. The third-order valence-corrected chi connectivity index (χ3v) is 5.81. The number of halogens is 3. The van der Waals surface area contributed by atoms with E-state index in [2.05, 4.69) is 10.1 Å². The minimum Gasteiger partial charge on any atom is -0.337 e. The summed E-state index contributed by atoms with van der Waals surface area (Å²) < 4.78 is 47.0. The molecule has 0 spiro atoms. The summed E-state index contributed by atoms with van der Waals surface area (Å²) in [7, 11) is 0. The van der Waals surface area contributed by atoms with Gasteiger partial charge in [0.05, 0.1) is 16.5 Å². The van der Waals surface area contributed by atoms with E-state index < -0.39 is 23.0 Å². The SMILES string of the molecule is O=c1c2ccccc2n(Cc2nc(-c3cccc(C(F)(F)F)c3)no2)c(=O)n1CCc1ccccc1. The van der Waals surface area contributed by atoms with Crippen molar-refractivity contribution in [2.45, 2.75) is 25.7 Å². The number of benzene rings is 3. The molecule has 2 aromatic heterocycles. The molecule has 0 aliphatic heterocycles. The molecule has 0 amide bonds. The van der Waals surface area contributed by atoms with Crippen molar-refractivity contribution in [2.75, 3.05) is 0 Å². The summed E-state index contributed by atoms with van der Waals surface area (Å²) in [5.74, 6) is -0.0197. The molecule has 0 saturated carbocycles. The Morgan fingerprint density at radius 1 is 0.861 bits per heavy atom. The first-order valence-corrected chi connectivity index (χ1v) is 11.1. The average Bonchev–Trinajstić information content (AvgIpc) is 3.35. The van der Waals surface area contributed by atoms with Crippen LogP contribution in [0.25, 0.3) is 22.3 Å². The summed E-state index contributed by atoms with van der Waals surface area (Å²) >= 11 is 0. The maximum atomic E-state index is 13.4. The lowest BCUT2D eigenvalue weighted by Crippen LogP contribution is -2.40. The predicted molar refractivity (Wildman–Crippen MR) is 126 cm³/mol. The van der Waals surface area contributed by atoms with Crippen LogP contribution in [0.5, 0.6) is 0 Å². The van der Waals surface area contributed by atoms with Gasteiger partial charge in [-0.2, -0.15) is 18.2 Å². The Morgan fingerprint density at radius 3 is 2.39 bits per heavy atom. The highest BCUT2D eigenvalue weighted by atomic mass is 19.4. The van der Waals surface area contributed by atoms with Crippen LogP contribution in [-0.4, -0.2) is 19.3 Å².